The maximum absolute atomic E-state index is 12.9. The SMILES string of the molecule is O=C1NC(=O)N([C@@H]2C[C@H]3CC[C@H]2C3)C(=O)[C@@H]1C=Nc1cc(Cl)cc(Cl)c1. The molecule has 1 saturated heterocycles. The number of aliphatic imine (C=N–C) groups is 1. The molecular weight excluding hydrogens is 377 g/mol. The van der Waals surface area contributed by atoms with E-state index in [1.807, 2.05) is 0 Å². The molecule has 2 aliphatic carbocycles. The van der Waals surface area contributed by atoms with Gasteiger partial charge < -0.3 is 0 Å². The summed E-state index contributed by atoms with van der Waals surface area (Å²) in [6, 6.07) is 3.98. The first kappa shape index (κ1) is 17.5. The molecule has 1 heterocycles. The molecule has 4 atom stereocenters. The molecule has 3 aliphatic rings. The summed E-state index contributed by atoms with van der Waals surface area (Å²) in [5.41, 5.74) is 0.437. The van der Waals surface area contributed by atoms with Crippen LogP contribution >= 0.6 is 23.2 Å². The van der Waals surface area contributed by atoms with Crippen LogP contribution in [-0.4, -0.2) is 35.0 Å². The molecule has 1 aromatic rings. The Labute approximate surface area is 160 Å². The molecule has 136 valence electrons. The minimum Gasteiger partial charge on any atom is -0.277 e. The highest BCUT2D eigenvalue weighted by Crippen LogP contribution is 2.47. The number of amides is 4. The van der Waals surface area contributed by atoms with E-state index >= 15 is 0 Å². The Morgan fingerprint density at radius 3 is 2.42 bits per heavy atom. The largest absolute Gasteiger partial charge is 0.331 e. The van der Waals surface area contributed by atoms with E-state index < -0.39 is 23.8 Å². The van der Waals surface area contributed by atoms with Gasteiger partial charge in [-0.25, -0.2) is 4.79 Å². The van der Waals surface area contributed by atoms with E-state index in [9.17, 15) is 14.4 Å². The lowest BCUT2D eigenvalue weighted by Gasteiger charge is -2.36. The fourth-order valence-corrected chi connectivity index (χ4v) is 4.87. The molecule has 1 aliphatic heterocycles. The molecule has 1 N–H and O–H groups in total. The molecule has 0 spiro atoms. The first-order valence-corrected chi connectivity index (χ1v) is 9.36. The lowest BCUT2D eigenvalue weighted by Crippen LogP contribution is -2.62. The van der Waals surface area contributed by atoms with Gasteiger partial charge >= 0.3 is 6.03 Å². The van der Waals surface area contributed by atoms with Crippen LogP contribution in [0.2, 0.25) is 10.0 Å². The van der Waals surface area contributed by atoms with Gasteiger partial charge in [0.2, 0.25) is 11.8 Å². The summed E-state index contributed by atoms with van der Waals surface area (Å²) in [7, 11) is 0. The van der Waals surface area contributed by atoms with Crippen LogP contribution < -0.4 is 5.32 Å². The van der Waals surface area contributed by atoms with Gasteiger partial charge in [-0.1, -0.05) is 29.6 Å². The third-order valence-electron chi connectivity index (χ3n) is 5.49. The molecule has 1 aromatic carbocycles. The minimum atomic E-state index is -1.13. The van der Waals surface area contributed by atoms with Crippen LogP contribution in [0, 0.1) is 17.8 Å². The Hall–Kier alpha value is -1.92. The number of hydrogen-bond donors (Lipinski definition) is 1. The number of urea groups is 1. The van der Waals surface area contributed by atoms with E-state index in [-0.39, 0.29) is 6.04 Å². The van der Waals surface area contributed by atoms with Crippen molar-refractivity contribution in [2.24, 2.45) is 22.7 Å². The Morgan fingerprint density at radius 1 is 1.08 bits per heavy atom. The molecule has 4 amide bonds. The second kappa shape index (κ2) is 6.67. The van der Waals surface area contributed by atoms with E-state index in [1.165, 1.54) is 11.1 Å². The molecular formula is C18H17Cl2N3O3. The van der Waals surface area contributed by atoms with Gasteiger partial charge in [-0.2, -0.15) is 0 Å². The predicted molar refractivity (Wildman–Crippen MR) is 97.7 cm³/mol. The van der Waals surface area contributed by atoms with Crippen LogP contribution in [0.15, 0.2) is 23.2 Å². The topological polar surface area (TPSA) is 78.8 Å². The van der Waals surface area contributed by atoms with Crippen LogP contribution in [0.3, 0.4) is 0 Å². The van der Waals surface area contributed by atoms with Crippen molar-refractivity contribution < 1.29 is 14.4 Å². The summed E-state index contributed by atoms with van der Waals surface area (Å²) >= 11 is 11.9. The lowest BCUT2D eigenvalue weighted by atomic mass is 9.92. The zero-order chi connectivity index (χ0) is 18.4. The number of carbonyl (C=O) groups excluding carboxylic acids is 3. The highest BCUT2D eigenvalue weighted by molar-refractivity contribution is 6.35. The van der Waals surface area contributed by atoms with E-state index in [0.717, 1.165) is 25.7 Å². The van der Waals surface area contributed by atoms with Gasteiger partial charge in [-0.15, -0.1) is 0 Å². The van der Waals surface area contributed by atoms with Crippen molar-refractivity contribution in [1.29, 1.82) is 0 Å². The molecule has 6 nitrogen and oxygen atoms in total. The van der Waals surface area contributed by atoms with E-state index in [2.05, 4.69) is 10.3 Å². The second-order valence-electron chi connectivity index (χ2n) is 7.13. The Bertz CT molecular complexity index is 806. The third-order valence-corrected chi connectivity index (χ3v) is 5.92. The zero-order valence-corrected chi connectivity index (χ0v) is 15.3. The van der Waals surface area contributed by atoms with Crippen LogP contribution in [0.5, 0.6) is 0 Å². The number of hydrogen-bond acceptors (Lipinski definition) is 4. The summed E-state index contributed by atoms with van der Waals surface area (Å²) in [5, 5.41) is 3.10. The van der Waals surface area contributed by atoms with Crippen LogP contribution in [-0.2, 0) is 9.59 Å². The Morgan fingerprint density at radius 2 is 1.81 bits per heavy atom. The molecule has 0 unspecified atom stereocenters. The van der Waals surface area contributed by atoms with Gasteiger partial charge in [0.1, 0.15) is 0 Å². The summed E-state index contributed by atoms with van der Waals surface area (Å²) < 4.78 is 0. The fraction of sp³-hybridized carbons (Fsp3) is 0.444. The summed E-state index contributed by atoms with van der Waals surface area (Å²) in [4.78, 5) is 42.7. The molecule has 3 fully saturated rings. The van der Waals surface area contributed by atoms with E-state index in [0.29, 0.717) is 27.6 Å². The first-order chi connectivity index (χ1) is 12.4. The first-order valence-electron chi connectivity index (χ1n) is 8.60. The number of halogens is 2. The number of barbiturate groups is 1. The Kier molecular flexibility index (Phi) is 4.49. The molecule has 2 saturated carbocycles. The van der Waals surface area contributed by atoms with Crippen molar-refractivity contribution in [2.45, 2.75) is 31.7 Å². The number of imide groups is 2. The number of rotatable bonds is 3. The van der Waals surface area contributed by atoms with Crippen molar-refractivity contribution in [3.63, 3.8) is 0 Å². The molecule has 0 aromatic heterocycles. The highest BCUT2D eigenvalue weighted by atomic mass is 35.5. The quantitative estimate of drug-likeness (QED) is 0.629. The molecule has 2 bridgehead atoms. The van der Waals surface area contributed by atoms with Gasteiger partial charge in [-0.05, 0) is 49.3 Å². The van der Waals surface area contributed by atoms with E-state index in [4.69, 9.17) is 23.2 Å². The maximum Gasteiger partial charge on any atom is 0.331 e. The number of fused-ring (bicyclic) bond motifs is 2. The number of carbonyl (C=O) groups is 3. The fourth-order valence-electron chi connectivity index (χ4n) is 4.35. The standard InChI is InChI=1S/C18H17Cl2N3O3/c19-11-5-12(20)7-13(6-11)21-8-14-16(24)22-18(26)23(17(14)25)15-4-9-1-2-10(15)3-9/h5-10,14-15H,1-4H2,(H,22,24,26)/t9-,10-,14+,15+/m0/s1. The maximum atomic E-state index is 12.9. The van der Waals surface area contributed by atoms with E-state index in [1.54, 1.807) is 18.2 Å². The van der Waals surface area contributed by atoms with Crippen molar-refractivity contribution in [1.82, 2.24) is 10.2 Å². The van der Waals surface area contributed by atoms with Crippen molar-refractivity contribution in [3.8, 4) is 0 Å². The smallest absolute Gasteiger partial charge is 0.277 e. The van der Waals surface area contributed by atoms with Crippen LogP contribution in [0.1, 0.15) is 25.7 Å². The molecule has 8 heteroatoms. The van der Waals surface area contributed by atoms with Crippen LogP contribution in [0.25, 0.3) is 0 Å². The zero-order valence-electron chi connectivity index (χ0n) is 13.8. The van der Waals surface area contributed by atoms with Gasteiger partial charge in [0.05, 0.1) is 5.69 Å². The van der Waals surface area contributed by atoms with Gasteiger partial charge in [0, 0.05) is 22.3 Å². The highest BCUT2D eigenvalue weighted by Gasteiger charge is 2.50. The number of benzene rings is 1. The predicted octanol–water partition coefficient (Wildman–Crippen LogP) is 3.58. The summed E-state index contributed by atoms with van der Waals surface area (Å²) in [5.74, 6) is -1.38. The molecule has 26 heavy (non-hydrogen) atoms. The monoisotopic (exact) mass is 393 g/mol. The van der Waals surface area contributed by atoms with Crippen molar-refractivity contribution in [2.75, 3.05) is 0 Å². The molecule has 0 radical (unpaired) electrons. The van der Waals surface area contributed by atoms with Crippen LogP contribution in [0.4, 0.5) is 10.5 Å². The lowest BCUT2D eigenvalue weighted by molar-refractivity contribution is -0.141. The van der Waals surface area contributed by atoms with Gasteiger partial charge in [0.25, 0.3) is 0 Å². The average Bonchev–Trinajstić information content (AvgIpc) is 3.16. The number of nitrogens with one attached hydrogen (secondary N) is 1. The van der Waals surface area contributed by atoms with Gasteiger partial charge in [-0.3, -0.25) is 24.8 Å². The summed E-state index contributed by atoms with van der Waals surface area (Å²) in [6.45, 7) is 0. The van der Waals surface area contributed by atoms with Gasteiger partial charge in [0.15, 0.2) is 5.92 Å². The molecule has 4 rings (SSSR count). The third kappa shape index (κ3) is 3.12. The summed E-state index contributed by atoms with van der Waals surface area (Å²) in [6.07, 6.45) is 5.32. The minimum absolute atomic E-state index is 0.120. The normalized spacial score (nSPS) is 31.2. The van der Waals surface area contributed by atoms with Crippen molar-refractivity contribution >= 4 is 52.9 Å². The second-order valence-corrected chi connectivity index (χ2v) is 8.00. The Balaban J connectivity index is 1.57. The van der Waals surface area contributed by atoms with Crippen molar-refractivity contribution in [3.05, 3.63) is 28.2 Å². The number of nitrogens with zero attached hydrogens (tertiary/aromatic N) is 2. The average molecular weight is 394 g/mol.